The second-order valence-corrected chi connectivity index (χ2v) is 4.36. The number of rotatable bonds is 6. The molecule has 8 heteroatoms. The molecule has 0 N–H and O–H groups in total. The first-order valence-electron chi connectivity index (χ1n) is 6.41. The van der Waals surface area contributed by atoms with Crippen LogP contribution in [0.1, 0.15) is 0 Å². The van der Waals surface area contributed by atoms with Gasteiger partial charge >= 0.3 is 5.69 Å². The van der Waals surface area contributed by atoms with E-state index < -0.39 is 16.4 Å². The molecule has 0 atom stereocenters. The van der Waals surface area contributed by atoms with Crippen molar-refractivity contribution in [2.75, 3.05) is 21.3 Å². The fourth-order valence-corrected chi connectivity index (χ4v) is 1.89. The van der Waals surface area contributed by atoms with Gasteiger partial charge in [-0.3, -0.25) is 10.1 Å². The predicted molar refractivity (Wildman–Crippen MR) is 79.2 cm³/mol. The normalized spacial score (nSPS) is 10.1. The van der Waals surface area contributed by atoms with E-state index in [-0.39, 0.29) is 17.2 Å². The van der Waals surface area contributed by atoms with Gasteiger partial charge in [0, 0.05) is 30.3 Å². The van der Waals surface area contributed by atoms with E-state index in [1.54, 1.807) is 6.07 Å². The first-order chi connectivity index (χ1) is 11.0. The lowest BCUT2D eigenvalue weighted by Gasteiger charge is -2.11. The van der Waals surface area contributed by atoms with Crippen LogP contribution in [0.5, 0.6) is 28.7 Å². The van der Waals surface area contributed by atoms with E-state index in [2.05, 4.69) is 0 Å². The molecule has 0 amide bonds. The Balaban J connectivity index is 2.50. The summed E-state index contributed by atoms with van der Waals surface area (Å²) in [5, 5.41) is 11.1. The van der Waals surface area contributed by atoms with Crippen LogP contribution in [0.2, 0.25) is 0 Å². The van der Waals surface area contributed by atoms with Crippen molar-refractivity contribution >= 4 is 5.69 Å². The quantitative estimate of drug-likeness (QED) is 0.597. The molecule has 7 nitrogen and oxygen atoms in total. The fraction of sp³-hybridized carbons (Fsp3) is 0.200. The summed E-state index contributed by atoms with van der Waals surface area (Å²) < 4.78 is 34.4. The second-order valence-electron chi connectivity index (χ2n) is 4.36. The number of nitrogens with zero attached hydrogens (tertiary/aromatic N) is 1. The van der Waals surface area contributed by atoms with E-state index in [0.717, 1.165) is 6.07 Å². The van der Waals surface area contributed by atoms with Gasteiger partial charge in [0.2, 0.25) is 11.6 Å². The highest BCUT2D eigenvalue weighted by Gasteiger charge is 2.24. The Morgan fingerprint density at radius 2 is 1.35 bits per heavy atom. The summed E-state index contributed by atoms with van der Waals surface area (Å²) in [6, 6.07) is 6.73. The average Bonchev–Trinajstić information content (AvgIpc) is 2.53. The molecule has 0 aliphatic heterocycles. The summed E-state index contributed by atoms with van der Waals surface area (Å²) in [5.74, 6) is -0.216. The molecule has 2 aromatic carbocycles. The highest BCUT2D eigenvalue weighted by Crippen LogP contribution is 2.39. The summed E-state index contributed by atoms with van der Waals surface area (Å²) in [6.45, 7) is 0. The maximum atomic E-state index is 13.9. The molecule has 122 valence electrons. The number of benzene rings is 2. The Morgan fingerprint density at radius 1 is 0.870 bits per heavy atom. The minimum atomic E-state index is -1.06. The molecule has 0 heterocycles. The lowest BCUT2D eigenvalue weighted by molar-refractivity contribution is -0.388. The van der Waals surface area contributed by atoms with Crippen LogP contribution in [0.25, 0.3) is 0 Å². The Hall–Kier alpha value is -3.03. The van der Waals surface area contributed by atoms with Crippen LogP contribution in [0.15, 0.2) is 30.3 Å². The largest absolute Gasteiger partial charge is 0.497 e. The number of hydrogen-bond acceptors (Lipinski definition) is 6. The van der Waals surface area contributed by atoms with E-state index >= 15 is 0 Å². The third-order valence-corrected chi connectivity index (χ3v) is 2.97. The highest BCUT2D eigenvalue weighted by atomic mass is 19.1. The molecule has 0 aliphatic carbocycles. The van der Waals surface area contributed by atoms with E-state index in [1.165, 1.54) is 39.5 Å². The Kier molecular flexibility index (Phi) is 4.85. The van der Waals surface area contributed by atoms with Crippen molar-refractivity contribution in [3.05, 3.63) is 46.3 Å². The van der Waals surface area contributed by atoms with Gasteiger partial charge in [-0.1, -0.05) is 0 Å². The van der Waals surface area contributed by atoms with Gasteiger partial charge in [-0.2, -0.15) is 4.39 Å². The summed E-state index contributed by atoms with van der Waals surface area (Å²) >= 11 is 0. The molecule has 0 aromatic heterocycles. The van der Waals surface area contributed by atoms with Crippen molar-refractivity contribution in [3.63, 3.8) is 0 Å². The van der Waals surface area contributed by atoms with Crippen LogP contribution in [0.3, 0.4) is 0 Å². The van der Waals surface area contributed by atoms with E-state index in [1.807, 2.05) is 0 Å². The molecule has 2 rings (SSSR count). The smallest absolute Gasteiger partial charge is 0.347 e. The lowest BCUT2D eigenvalue weighted by Crippen LogP contribution is -1.99. The van der Waals surface area contributed by atoms with Gasteiger partial charge in [-0.15, -0.1) is 0 Å². The highest BCUT2D eigenvalue weighted by molar-refractivity contribution is 5.54. The Bertz CT molecular complexity index is 712. The van der Waals surface area contributed by atoms with Crippen molar-refractivity contribution in [1.82, 2.24) is 0 Å². The van der Waals surface area contributed by atoms with Gasteiger partial charge in [0.15, 0.2) is 0 Å². The third-order valence-electron chi connectivity index (χ3n) is 2.97. The van der Waals surface area contributed by atoms with Gasteiger partial charge in [0.05, 0.1) is 26.3 Å². The molecule has 23 heavy (non-hydrogen) atoms. The maximum Gasteiger partial charge on any atom is 0.347 e. The zero-order valence-corrected chi connectivity index (χ0v) is 12.7. The predicted octanol–water partition coefficient (Wildman–Crippen LogP) is 3.55. The molecule has 0 unspecified atom stereocenters. The van der Waals surface area contributed by atoms with Gasteiger partial charge in [-0.25, -0.2) is 0 Å². The van der Waals surface area contributed by atoms with Gasteiger partial charge in [0.1, 0.15) is 23.0 Å². The standard InChI is InChI=1S/C15H14FNO6/c1-20-9-4-10(21-2)6-12(5-9)23-14-8-11(22-3)7-13(16)15(14)17(18)19/h4-8H,1-3H3. The van der Waals surface area contributed by atoms with E-state index in [9.17, 15) is 14.5 Å². The van der Waals surface area contributed by atoms with Gasteiger partial charge < -0.3 is 18.9 Å². The monoisotopic (exact) mass is 323 g/mol. The molecule has 0 spiro atoms. The second kappa shape index (κ2) is 6.82. The number of nitro groups is 1. The van der Waals surface area contributed by atoms with Crippen LogP contribution in [-0.4, -0.2) is 26.3 Å². The molecule has 0 aliphatic rings. The van der Waals surface area contributed by atoms with Crippen LogP contribution in [0, 0.1) is 15.9 Å². The van der Waals surface area contributed by atoms with Gasteiger partial charge in [0.25, 0.3) is 0 Å². The molecular formula is C15H14FNO6. The molecule has 0 saturated heterocycles. The topological polar surface area (TPSA) is 80.1 Å². The van der Waals surface area contributed by atoms with Crippen molar-refractivity contribution in [2.45, 2.75) is 0 Å². The first-order valence-corrected chi connectivity index (χ1v) is 6.41. The molecular weight excluding hydrogens is 309 g/mol. The van der Waals surface area contributed by atoms with Crippen molar-refractivity contribution in [3.8, 4) is 28.7 Å². The summed E-state index contributed by atoms with van der Waals surface area (Å²) in [6.07, 6.45) is 0. The van der Waals surface area contributed by atoms with Crippen LogP contribution < -0.4 is 18.9 Å². The van der Waals surface area contributed by atoms with Crippen molar-refractivity contribution in [2.24, 2.45) is 0 Å². The minimum Gasteiger partial charge on any atom is -0.497 e. The number of hydrogen-bond donors (Lipinski definition) is 0. The Morgan fingerprint density at radius 3 is 1.83 bits per heavy atom. The molecule has 0 radical (unpaired) electrons. The minimum absolute atomic E-state index is 0.0953. The summed E-state index contributed by atoms with van der Waals surface area (Å²) in [4.78, 5) is 10.2. The number of nitro benzene ring substituents is 1. The molecule has 0 bridgehead atoms. The number of ether oxygens (including phenoxy) is 4. The van der Waals surface area contributed by atoms with Crippen LogP contribution >= 0.6 is 0 Å². The molecule has 0 saturated carbocycles. The zero-order valence-electron chi connectivity index (χ0n) is 12.7. The van der Waals surface area contributed by atoms with E-state index in [4.69, 9.17) is 18.9 Å². The van der Waals surface area contributed by atoms with Gasteiger partial charge in [-0.05, 0) is 0 Å². The zero-order chi connectivity index (χ0) is 17.0. The van der Waals surface area contributed by atoms with Crippen LogP contribution in [0.4, 0.5) is 10.1 Å². The fourth-order valence-electron chi connectivity index (χ4n) is 1.89. The van der Waals surface area contributed by atoms with Crippen LogP contribution in [-0.2, 0) is 0 Å². The number of halogens is 1. The SMILES string of the molecule is COc1cc(OC)cc(Oc2cc(OC)cc(F)c2[N+](=O)[O-])c1. The average molecular weight is 323 g/mol. The third kappa shape index (κ3) is 3.60. The lowest BCUT2D eigenvalue weighted by atomic mass is 10.2. The number of methoxy groups -OCH3 is 3. The van der Waals surface area contributed by atoms with E-state index in [0.29, 0.717) is 11.5 Å². The van der Waals surface area contributed by atoms with Crippen molar-refractivity contribution in [1.29, 1.82) is 0 Å². The summed E-state index contributed by atoms with van der Waals surface area (Å²) in [7, 11) is 4.22. The van der Waals surface area contributed by atoms with Crippen molar-refractivity contribution < 1.29 is 28.3 Å². The molecule has 2 aromatic rings. The first kappa shape index (κ1) is 16.3. The molecule has 0 fully saturated rings. The summed E-state index contributed by atoms with van der Waals surface area (Å²) in [5.41, 5.74) is -0.785. The maximum absolute atomic E-state index is 13.9. The Labute approximate surface area is 131 Å².